The Bertz CT molecular complexity index is 643. The lowest BCUT2D eigenvalue weighted by Crippen LogP contribution is -2.30. The minimum atomic E-state index is -0.596. The molecule has 1 unspecified atom stereocenters. The van der Waals surface area contributed by atoms with Crippen molar-refractivity contribution in [2.45, 2.75) is 20.0 Å². The van der Waals surface area contributed by atoms with Gasteiger partial charge in [-0.05, 0) is 61.9 Å². The number of halogens is 2. The van der Waals surface area contributed by atoms with E-state index in [1.807, 2.05) is 19.1 Å². The second kappa shape index (κ2) is 6.96. The predicted molar refractivity (Wildman–Crippen MR) is 89.1 cm³/mol. The number of anilines is 1. The van der Waals surface area contributed by atoms with Crippen molar-refractivity contribution in [3.63, 3.8) is 0 Å². The van der Waals surface area contributed by atoms with Gasteiger partial charge in [-0.1, -0.05) is 27.5 Å². The smallest absolute Gasteiger partial charge is 0.265 e. The lowest BCUT2D eigenvalue weighted by Gasteiger charge is -2.16. The van der Waals surface area contributed by atoms with Crippen LogP contribution in [0.15, 0.2) is 46.9 Å². The van der Waals surface area contributed by atoms with E-state index in [1.165, 1.54) is 0 Å². The second-order valence-corrected chi connectivity index (χ2v) is 6.01. The van der Waals surface area contributed by atoms with Crippen molar-refractivity contribution < 1.29 is 9.53 Å². The van der Waals surface area contributed by atoms with Gasteiger partial charge in [0.2, 0.25) is 0 Å². The Kier molecular flexibility index (Phi) is 5.26. The van der Waals surface area contributed by atoms with Gasteiger partial charge in [-0.15, -0.1) is 0 Å². The van der Waals surface area contributed by atoms with Gasteiger partial charge in [-0.2, -0.15) is 0 Å². The molecule has 0 radical (unpaired) electrons. The molecule has 110 valence electrons. The molecule has 21 heavy (non-hydrogen) atoms. The molecule has 3 nitrogen and oxygen atoms in total. The average Bonchev–Trinajstić information content (AvgIpc) is 2.44. The Morgan fingerprint density at radius 1 is 1.24 bits per heavy atom. The first-order valence-corrected chi connectivity index (χ1v) is 7.62. The number of ether oxygens (including phenoxy) is 1. The number of carbonyl (C=O) groups excluding carboxylic acids is 1. The van der Waals surface area contributed by atoms with Crippen LogP contribution >= 0.6 is 27.5 Å². The monoisotopic (exact) mass is 367 g/mol. The molecule has 0 bridgehead atoms. The van der Waals surface area contributed by atoms with E-state index < -0.39 is 6.10 Å². The molecule has 2 rings (SSSR count). The number of rotatable bonds is 4. The van der Waals surface area contributed by atoms with Gasteiger partial charge < -0.3 is 10.1 Å². The van der Waals surface area contributed by atoms with Crippen molar-refractivity contribution in [1.29, 1.82) is 0 Å². The van der Waals surface area contributed by atoms with Crippen LogP contribution in [0.2, 0.25) is 5.02 Å². The van der Waals surface area contributed by atoms with Gasteiger partial charge >= 0.3 is 0 Å². The van der Waals surface area contributed by atoms with Gasteiger partial charge in [0, 0.05) is 15.2 Å². The van der Waals surface area contributed by atoms with Crippen LogP contribution in [-0.4, -0.2) is 12.0 Å². The average molecular weight is 369 g/mol. The van der Waals surface area contributed by atoms with Gasteiger partial charge in [-0.25, -0.2) is 0 Å². The highest BCUT2D eigenvalue weighted by molar-refractivity contribution is 9.10. The van der Waals surface area contributed by atoms with Crippen molar-refractivity contribution >= 4 is 39.1 Å². The third kappa shape index (κ3) is 4.48. The van der Waals surface area contributed by atoms with Gasteiger partial charge in [0.05, 0.1) is 0 Å². The second-order valence-electron chi connectivity index (χ2n) is 4.66. The van der Waals surface area contributed by atoms with Crippen LogP contribution in [0.1, 0.15) is 12.5 Å². The van der Waals surface area contributed by atoms with E-state index in [9.17, 15) is 4.79 Å². The maximum atomic E-state index is 12.1. The molecule has 0 aromatic heterocycles. The van der Waals surface area contributed by atoms with Crippen LogP contribution in [0, 0.1) is 6.92 Å². The largest absolute Gasteiger partial charge is 0.481 e. The van der Waals surface area contributed by atoms with Crippen LogP contribution < -0.4 is 10.1 Å². The lowest BCUT2D eigenvalue weighted by atomic mass is 10.2. The number of nitrogens with one attached hydrogen (secondary N) is 1. The maximum absolute atomic E-state index is 12.1. The third-order valence-electron chi connectivity index (χ3n) is 2.94. The SMILES string of the molecule is Cc1cc(Cl)ccc1NC(=O)C(C)Oc1ccc(Br)cc1. The standard InChI is InChI=1S/C16H15BrClNO2/c1-10-9-13(18)5-8-15(10)19-16(20)11(2)21-14-6-3-12(17)4-7-14/h3-9,11H,1-2H3,(H,19,20). The molecular weight excluding hydrogens is 354 g/mol. The Labute approximate surface area is 137 Å². The van der Waals surface area contributed by atoms with Gasteiger partial charge in [-0.3, -0.25) is 4.79 Å². The fourth-order valence-corrected chi connectivity index (χ4v) is 2.26. The summed E-state index contributed by atoms with van der Waals surface area (Å²) in [5.74, 6) is 0.442. The summed E-state index contributed by atoms with van der Waals surface area (Å²) in [4.78, 5) is 12.1. The first kappa shape index (κ1) is 15.9. The first-order chi connectivity index (χ1) is 9.95. The van der Waals surface area contributed by atoms with E-state index >= 15 is 0 Å². The summed E-state index contributed by atoms with van der Waals surface area (Å²) in [6.07, 6.45) is -0.596. The maximum Gasteiger partial charge on any atom is 0.265 e. The molecular formula is C16H15BrClNO2. The van der Waals surface area contributed by atoms with Crippen LogP contribution in [-0.2, 0) is 4.79 Å². The van der Waals surface area contributed by atoms with Gasteiger partial charge in [0.15, 0.2) is 6.10 Å². The first-order valence-electron chi connectivity index (χ1n) is 6.45. The number of carbonyl (C=O) groups is 1. The fourth-order valence-electron chi connectivity index (χ4n) is 1.77. The van der Waals surface area contributed by atoms with Crippen molar-refractivity contribution in [2.75, 3.05) is 5.32 Å². The number of aryl methyl sites for hydroxylation is 1. The molecule has 2 aromatic carbocycles. The highest BCUT2D eigenvalue weighted by atomic mass is 79.9. The molecule has 0 aliphatic carbocycles. The van der Waals surface area contributed by atoms with E-state index in [1.54, 1.807) is 37.3 Å². The quantitative estimate of drug-likeness (QED) is 0.840. The van der Waals surface area contributed by atoms with Crippen molar-refractivity contribution in [2.24, 2.45) is 0 Å². The molecule has 5 heteroatoms. The van der Waals surface area contributed by atoms with Gasteiger partial charge in [0.1, 0.15) is 5.75 Å². The predicted octanol–water partition coefficient (Wildman–Crippen LogP) is 4.82. The summed E-state index contributed by atoms with van der Waals surface area (Å²) in [5.41, 5.74) is 1.64. The highest BCUT2D eigenvalue weighted by Crippen LogP contribution is 2.21. The molecule has 0 saturated heterocycles. The Morgan fingerprint density at radius 3 is 2.52 bits per heavy atom. The molecule has 0 spiro atoms. The van der Waals surface area contributed by atoms with Crippen molar-refractivity contribution in [3.05, 3.63) is 57.5 Å². The van der Waals surface area contributed by atoms with E-state index in [-0.39, 0.29) is 5.91 Å². The van der Waals surface area contributed by atoms with E-state index in [2.05, 4.69) is 21.2 Å². The van der Waals surface area contributed by atoms with E-state index in [4.69, 9.17) is 16.3 Å². The molecule has 0 aliphatic rings. The molecule has 0 heterocycles. The molecule has 1 atom stereocenters. The third-order valence-corrected chi connectivity index (χ3v) is 3.71. The van der Waals surface area contributed by atoms with Crippen LogP contribution in [0.25, 0.3) is 0 Å². The summed E-state index contributed by atoms with van der Waals surface area (Å²) in [7, 11) is 0. The zero-order chi connectivity index (χ0) is 15.4. The zero-order valence-electron chi connectivity index (χ0n) is 11.7. The minimum absolute atomic E-state index is 0.205. The van der Waals surface area contributed by atoms with Gasteiger partial charge in [0.25, 0.3) is 5.91 Å². The topological polar surface area (TPSA) is 38.3 Å². The number of hydrogen-bond donors (Lipinski definition) is 1. The molecule has 0 fully saturated rings. The number of benzene rings is 2. The molecule has 1 N–H and O–H groups in total. The molecule has 2 aromatic rings. The number of hydrogen-bond acceptors (Lipinski definition) is 2. The fraction of sp³-hybridized carbons (Fsp3) is 0.188. The zero-order valence-corrected chi connectivity index (χ0v) is 14.0. The number of amides is 1. The summed E-state index contributed by atoms with van der Waals surface area (Å²) in [6, 6.07) is 12.7. The Morgan fingerprint density at radius 2 is 1.90 bits per heavy atom. The normalized spacial score (nSPS) is 11.8. The summed E-state index contributed by atoms with van der Waals surface area (Å²) in [6.45, 7) is 3.60. The van der Waals surface area contributed by atoms with Crippen molar-refractivity contribution in [1.82, 2.24) is 0 Å². The highest BCUT2D eigenvalue weighted by Gasteiger charge is 2.15. The Hall–Kier alpha value is -1.52. The van der Waals surface area contributed by atoms with E-state index in [0.29, 0.717) is 10.8 Å². The molecule has 1 amide bonds. The molecule has 0 aliphatic heterocycles. The lowest BCUT2D eigenvalue weighted by molar-refractivity contribution is -0.122. The van der Waals surface area contributed by atoms with Crippen LogP contribution in [0.5, 0.6) is 5.75 Å². The summed E-state index contributed by atoms with van der Waals surface area (Å²) in [5, 5.41) is 3.48. The van der Waals surface area contributed by atoms with Crippen LogP contribution in [0.4, 0.5) is 5.69 Å². The minimum Gasteiger partial charge on any atom is -0.481 e. The Balaban J connectivity index is 2.00. The van der Waals surface area contributed by atoms with Crippen LogP contribution in [0.3, 0.4) is 0 Å². The van der Waals surface area contributed by atoms with E-state index in [0.717, 1.165) is 15.7 Å². The summed E-state index contributed by atoms with van der Waals surface area (Å²) >= 11 is 9.25. The molecule has 0 saturated carbocycles. The van der Waals surface area contributed by atoms with Crippen molar-refractivity contribution in [3.8, 4) is 5.75 Å². The summed E-state index contributed by atoms with van der Waals surface area (Å²) < 4.78 is 6.57.